The molecule has 1 aromatic carbocycles. The highest BCUT2D eigenvalue weighted by molar-refractivity contribution is 5.98. The summed E-state index contributed by atoms with van der Waals surface area (Å²) in [7, 11) is 0. The van der Waals surface area contributed by atoms with Gasteiger partial charge in [-0.1, -0.05) is 18.2 Å². The molecule has 0 unspecified atom stereocenters. The predicted molar refractivity (Wildman–Crippen MR) is 69.6 cm³/mol. The normalized spacial score (nSPS) is 20.9. The van der Waals surface area contributed by atoms with E-state index in [4.69, 9.17) is 9.47 Å². The molecule has 2 heterocycles. The average Bonchev–Trinajstić information content (AvgIpc) is 2.49. The Kier molecular flexibility index (Phi) is 3.46. The third-order valence-electron chi connectivity index (χ3n) is 3.34. The van der Waals surface area contributed by atoms with Crippen LogP contribution < -0.4 is 0 Å². The summed E-state index contributed by atoms with van der Waals surface area (Å²) in [6.07, 6.45) is 1.66. The summed E-state index contributed by atoms with van der Waals surface area (Å²) in [4.78, 5) is 11.9. The fraction of sp³-hybridized carbons (Fsp3) is 0.429. The highest BCUT2D eigenvalue weighted by Gasteiger charge is 2.30. The van der Waals surface area contributed by atoms with Crippen LogP contribution in [-0.2, 0) is 14.3 Å². The van der Waals surface area contributed by atoms with Gasteiger partial charge in [0.05, 0.1) is 6.04 Å². The number of nitrogens with zero attached hydrogens (tertiary/aromatic N) is 2. The van der Waals surface area contributed by atoms with Crippen molar-refractivity contribution < 1.29 is 14.3 Å². The molecule has 3 rings (SSSR count). The molecule has 5 heteroatoms. The van der Waals surface area contributed by atoms with Crippen molar-refractivity contribution in [3.05, 3.63) is 35.9 Å². The molecule has 2 aliphatic rings. The van der Waals surface area contributed by atoms with E-state index in [0.29, 0.717) is 19.1 Å². The number of carbonyl (C=O) groups excluding carboxylic acids is 1. The second-order valence-electron chi connectivity index (χ2n) is 4.64. The van der Waals surface area contributed by atoms with Gasteiger partial charge in [0, 0.05) is 18.8 Å². The van der Waals surface area contributed by atoms with Gasteiger partial charge in [-0.3, -0.25) is 4.79 Å². The molecule has 0 N–H and O–H groups in total. The number of hydrazone groups is 1. The molecule has 1 saturated heterocycles. The molecule has 1 fully saturated rings. The van der Waals surface area contributed by atoms with E-state index < -0.39 is 0 Å². The van der Waals surface area contributed by atoms with E-state index in [2.05, 4.69) is 5.10 Å². The zero-order valence-electron chi connectivity index (χ0n) is 10.6. The number of hydrogen-bond acceptors (Lipinski definition) is 4. The molecule has 1 aromatic rings. The summed E-state index contributed by atoms with van der Waals surface area (Å²) < 4.78 is 10.7. The Morgan fingerprint density at radius 2 is 1.89 bits per heavy atom. The smallest absolute Gasteiger partial charge is 0.281 e. The van der Waals surface area contributed by atoms with Gasteiger partial charge in [0.1, 0.15) is 0 Å². The summed E-state index contributed by atoms with van der Waals surface area (Å²) in [5.74, 6) is 0.443. The first-order valence-corrected chi connectivity index (χ1v) is 6.51. The molecule has 0 saturated carbocycles. The van der Waals surface area contributed by atoms with Crippen molar-refractivity contribution >= 4 is 11.8 Å². The molecule has 0 radical (unpaired) electrons. The minimum atomic E-state index is -0.0772. The SMILES string of the molecule is O=C1COC(c2ccccc2)=NN1C1CCOCC1. The van der Waals surface area contributed by atoms with Gasteiger partial charge in [-0.15, -0.1) is 5.10 Å². The van der Waals surface area contributed by atoms with Gasteiger partial charge in [0.25, 0.3) is 5.91 Å². The fourth-order valence-corrected chi connectivity index (χ4v) is 2.32. The van der Waals surface area contributed by atoms with Gasteiger partial charge in [-0.25, -0.2) is 5.01 Å². The van der Waals surface area contributed by atoms with Crippen molar-refractivity contribution in [2.24, 2.45) is 5.10 Å². The number of ether oxygens (including phenoxy) is 2. The van der Waals surface area contributed by atoms with Gasteiger partial charge < -0.3 is 9.47 Å². The molecule has 100 valence electrons. The molecule has 0 aromatic heterocycles. The number of hydrogen-bond donors (Lipinski definition) is 0. The summed E-state index contributed by atoms with van der Waals surface area (Å²) in [6.45, 7) is 1.43. The summed E-state index contributed by atoms with van der Waals surface area (Å²) in [5, 5.41) is 5.96. The Morgan fingerprint density at radius 1 is 1.16 bits per heavy atom. The van der Waals surface area contributed by atoms with Crippen molar-refractivity contribution in [3.8, 4) is 0 Å². The van der Waals surface area contributed by atoms with Crippen LogP contribution in [0.15, 0.2) is 35.4 Å². The van der Waals surface area contributed by atoms with Crippen molar-refractivity contribution in [2.45, 2.75) is 18.9 Å². The van der Waals surface area contributed by atoms with Crippen LogP contribution in [0.1, 0.15) is 18.4 Å². The maximum Gasteiger partial charge on any atom is 0.281 e. The number of amides is 1. The third kappa shape index (κ3) is 2.61. The first kappa shape index (κ1) is 12.2. The molecule has 0 aliphatic carbocycles. The minimum absolute atomic E-state index is 0.0606. The molecular formula is C14H16N2O3. The van der Waals surface area contributed by atoms with Crippen LogP contribution in [0.25, 0.3) is 0 Å². The lowest BCUT2D eigenvalue weighted by molar-refractivity contribution is -0.140. The van der Waals surface area contributed by atoms with E-state index >= 15 is 0 Å². The van der Waals surface area contributed by atoms with Crippen LogP contribution in [0.4, 0.5) is 0 Å². The second kappa shape index (κ2) is 5.40. The lowest BCUT2D eigenvalue weighted by Crippen LogP contribution is -2.45. The summed E-state index contributed by atoms with van der Waals surface area (Å²) in [5.41, 5.74) is 0.895. The van der Waals surface area contributed by atoms with Crippen LogP contribution in [0.2, 0.25) is 0 Å². The maximum absolute atomic E-state index is 11.9. The quantitative estimate of drug-likeness (QED) is 0.807. The highest BCUT2D eigenvalue weighted by Crippen LogP contribution is 2.19. The molecular weight excluding hydrogens is 244 g/mol. The third-order valence-corrected chi connectivity index (χ3v) is 3.34. The number of benzene rings is 1. The lowest BCUT2D eigenvalue weighted by Gasteiger charge is -2.33. The Hall–Kier alpha value is -1.88. The molecule has 2 aliphatic heterocycles. The topological polar surface area (TPSA) is 51.1 Å². The van der Waals surface area contributed by atoms with Gasteiger partial charge in [-0.2, -0.15) is 0 Å². The average molecular weight is 260 g/mol. The zero-order chi connectivity index (χ0) is 13.1. The van der Waals surface area contributed by atoms with Crippen LogP contribution in [0.5, 0.6) is 0 Å². The van der Waals surface area contributed by atoms with Crippen molar-refractivity contribution in [3.63, 3.8) is 0 Å². The van der Waals surface area contributed by atoms with Crippen molar-refractivity contribution in [2.75, 3.05) is 19.8 Å². The summed E-state index contributed by atoms with van der Waals surface area (Å²) in [6, 6.07) is 9.78. The van der Waals surface area contributed by atoms with Gasteiger partial charge in [-0.05, 0) is 25.0 Å². The molecule has 19 heavy (non-hydrogen) atoms. The summed E-state index contributed by atoms with van der Waals surface area (Å²) >= 11 is 0. The standard InChI is InChI=1S/C14H16N2O3/c17-13-10-19-14(11-4-2-1-3-5-11)15-16(13)12-6-8-18-9-7-12/h1-5,12H,6-10H2. The minimum Gasteiger partial charge on any atom is -0.466 e. The van der Waals surface area contributed by atoms with Crippen LogP contribution in [0, 0.1) is 0 Å². The number of carbonyl (C=O) groups is 1. The lowest BCUT2D eigenvalue weighted by atomic mass is 10.1. The Bertz CT molecular complexity index is 481. The van der Waals surface area contributed by atoms with Gasteiger partial charge >= 0.3 is 0 Å². The molecule has 0 bridgehead atoms. The van der Waals surface area contributed by atoms with Gasteiger partial charge in [0.2, 0.25) is 5.90 Å². The number of rotatable bonds is 2. The zero-order valence-corrected chi connectivity index (χ0v) is 10.6. The Labute approximate surface area is 111 Å². The maximum atomic E-state index is 11.9. The van der Waals surface area contributed by atoms with Crippen LogP contribution in [0.3, 0.4) is 0 Å². The molecule has 1 amide bonds. The van der Waals surface area contributed by atoms with E-state index in [0.717, 1.165) is 18.4 Å². The van der Waals surface area contributed by atoms with Crippen molar-refractivity contribution in [1.82, 2.24) is 5.01 Å². The molecule has 0 spiro atoms. The van der Waals surface area contributed by atoms with Crippen molar-refractivity contribution in [1.29, 1.82) is 0 Å². The van der Waals surface area contributed by atoms with E-state index in [-0.39, 0.29) is 18.6 Å². The van der Waals surface area contributed by atoms with Crippen LogP contribution in [-0.4, -0.2) is 42.7 Å². The Balaban J connectivity index is 1.84. The van der Waals surface area contributed by atoms with E-state index in [1.807, 2.05) is 30.3 Å². The fourth-order valence-electron chi connectivity index (χ4n) is 2.32. The Morgan fingerprint density at radius 3 is 2.63 bits per heavy atom. The molecule has 5 nitrogen and oxygen atoms in total. The van der Waals surface area contributed by atoms with E-state index in [1.165, 1.54) is 0 Å². The first-order chi connectivity index (χ1) is 9.34. The monoisotopic (exact) mass is 260 g/mol. The second-order valence-corrected chi connectivity index (χ2v) is 4.64. The van der Waals surface area contributed by atoms with E-state index in [1.54, 1.807) is 5.01 Å². The molecule has 0 atom stereocenters. The first-order valence-electron chi connectivity index (χ1n) is 6.51. The van der Waals surface area contributed by atoms with E-state index in [9.17, 15) is 4.79 Å². The largest absolute Gasteiger partial charge is 0.466 e. The van der Waals surface area contributed by atoms with Crippen LogP contribution >= 0.6 is 0 Å². The predicted octanol–water partition coefficient (Wildman–Crippen LogP) is 1.39. The van der Waals surface area contributed by atoms with Gasteiger partial charge in [0.15, 0.2) is 6.61 Å². The highest BCUT2D eigenvalue weighted by atomic mass is 16.5.